The molecule has 106 valence electrons. The molecule has 0 atom stereocenters. The third-order valence-electron chi connectivity index (χ3n) is 2.94. The SMILES string of the molecule is CCCNCc1cncc(N(C)c2cccc(F)c2)n1. The predicted molar refractivity (Wildman–Crippen MR) is 78.5 cm³/mol. The van der Waals surface area contributed by atoms with Crippen LogP contribution in [0.4, 0.5) is 15.9 Å². The largest absolute Gasteiger partial charge is 0.328 e. The van der Waals surface area contributed by atoms with Gasteiger partial charge in [-0.3, -0.25) is 4.98 Å². The van der Waals surface area contributed by atoms with Crippen molar-refractivity contribution in [3.05, 3.63) is 48.2 Å². The summed E-state index contributed by atoms with van der Waals surface area (Å²) in [5.74, 6) is 0.439. The lowest BCUT2D eigenvalue weighted by atomic mass is 10.3. The van der Waals surface area contributed by atoms with Gasteiger partial charge in [-0.1, -0.05) is 13.0 Å². The van der Waals surface area contributed by atoms with Crippen molar-refractivity contribution in [3.63, 3.8) is 0 Å². The molecule has 2 rings (SSSR count). The zero-order valence-electron chi connectivity index (χ0n) is 11.8. The van der Waals surface area contributed by atoms with Gasteiger partial charge in [0.05, 0.1) is 11.9 Å². The maximum atomic E-state index is 13.3. The van der Waals surface area contributed by atoms with Gasteiger partial charge in [0, 0.05) is 25.5 Å². The fourth-order valence-electron chi connectivity index (χ4n) is 1.85. The summed E-state index contributed by atoms with van der Waals surface area (Å²) in [5, 5.41) is 3.29. The Morgan fingerprint density at radius 2 is 2.15 bits per heavy atom. The van der Waals surface area contributed by atoms with Crippen molar-refractivity contribution < 1.29 is 4.39 Å². The molecule has 0 radical (unpaired) electrons. The molecular weight excluding hydrogens is 255 g/mol. The highest BCUT2D eigenvalue weighted by atomic mass is 19.1. The van der Waals surface area contributed by atoms with Crippen LogP contribution in [0.15, 0.2) is 36.7 Å². The first-order valence-corrected chi connectivity index (χ1v) is 6.71. The third-order valence-corrected chi connectivity index (χ3v) is 2.94. The van der Waals surface area contributed by atoms with Crippen LogP contribution in [0, 0.1) is 5.82 Å². The molecular formula is C15H19FN4. The van der Waals surface area contributed by atoms with E-state index in [0.29, 0.717) is 12.4 Å². The van der Waals surface area contributed by atoms with Crippen LogP contribution in [-0.4, -0.2) is 23.6 Å². The lowest BCUT2D eigenvalue weighted by Crippen LogP contribution is -2.17. The van der Waals surface area contributed by atoms with E-state index in [1.807, 2.05) is 18.0 Å². The number of benzene rings is 1. The average Bonchev–Trinajstić information content (AvgIpc) is 2.47. The molecule has 0 aliphatic heterocycles. The molecule has 1 aromatic heterocycles. The van der Waals surface area contributed by atoms with Crippen LogP contribution in [0.3, 0.4) is 0 Å². The van der Waals surface area contributed by atoms with Gasteiger partial charge in [-0.25, -0.2) is 9.37 Å². The third kappa shape index (κ3) is 3.74. The molecule has 0 saturated heterocycles. The van der Waals surface area contributed by atoms with Crippen LogP contribution in [0.1, 0.15) is 19.0 Å². The molecule has 0 amide bonds. The van der Waals surface area contributed by atoms with Crippen molar-refractivity contribution in [2.75, 3.05) is 18.5 Å². The molecule has 5 heteroatoms. The van der Waals surface area contributed by atoms with Crippen LogP contribution < -0.4 is 10.2 Å². The van der Waals surface area contributed by atoms with Crippen molar-refractivity contribution in [2.24, 2.45) is 0 Å². The number of aromatic nitrogens is 2. The van der Waals surface area contributed by atoms with Crippen molar-refractivity contribution in [1.82, 2.24) is 15.3 Å². The molecule has 0 unspecified atom stereocenters. The highest BCUT2D eigenvalue weighted by Gasteiger charge is 2.07. The topological polar surface area (TPSA) is 41.1 Å². The number of rotatable bonds is 6. The van der Waals surface area contributed by atoms with E-state index in [1.54, 1.807) is 18.5 Å². The Bertz CT molecular complexity index is 559. The van der Waals surface area contributed by atoms with Crippen LogP contribution in [0.2, 0.25) is 0 Å². The fraction of sp³-hybridized carbons (Fsp3) is 0.333. The van der Waals surface area contributed by atoms with E-state index in [-0.39, 0.29) is 5.82 Å². The van der Waals surface area contributed by atoms with E-state index in [0.717, 1.165) is 24.3 Å². The van der Waals surface area contributed by atoms with Crippen LogP contribution in [-0.2, 0) is 6.54 Å². The van der Waals surface area contributed by atoms with Gasteiger partial charge in [-0.2, -0.15) is 0 Å². The number of nitrogens with zero attached hydrogens (tertiary/aromatic N) is 3. The van der Waals surface area contributed by atoms with Gasteiger partial charge in [0.1, 0.15) is 5.82 Å². The molecule has 2 aromatic rings. The normalized spacial score (nSPS) is 10.6. The minimum Gasteiger partial charge on any atom is -0.328 e. The second-order valence-corrected chi connectivity index (χ2v) is 4.58. The second kappa shape index (κ2) is 6.96. The molecule has 1 aromatic carbocycles. The summed E-state index contributed by atoms with van der Waals surface area (Å²) in [6.45, 7) is 3.75. The zero-order chi connectivity index (χ0) is 14.4. The number of halogens is 1. The number of nitrogens with one attached hydrogen (secondary N) is 1. The Balaban J connectivity index is 2.13. The molecule has 0 bridgehead atoms. The molecule has 0 fully saturated rings. The predicted octanol–water partition coefficient (Wildman–Crippen LogP) is 2.88. The van der Waals surface area contributed by atoms with Gasteiger partial charge in [-0.05, 0) is 31.2 Å². The molecule has 1 N–H and O–H groups in total. The van der Waals surface area contributed by atoms with Gasteiger partial charge < -0.3 is 10.2 Å². The van der Waals surface area contributed by atoms with E-state index in [4.69, 9.17) is 0 Å². The Labute approximate surface area is 118 Å². The Morgan fingerprint density at radius 3 is 2.90 bits per heavy atom. The maximum absolute atomic E-state index is 13.3. The lowest BCUT2D eigenvalue weighted by Gasteiger charge is -2.18. The van der Waals surface area contributed by atoms with Gasteiger partial charge in [-0.15, -0.1) is 0 Å². The van der Waals surface area contributed by atoms with Crippen molar-refractivity contribution in [3.8, 4) is 0 Å². The number of hydrogen-bond acceptors (Lipinski definition) is 4. The standard InChI is InChI=1S/C15H19FN4/c1-3-7-17-9-13-10-18-11-15(19-13)20(2)14-6-4-5-12(16)8-14/h4-6,8,10-11,17H,3,7,9H2,1-2H3. The molecule has 0 saturated carbocycles. The lowest BCUT2D eigenvalue weighted by molar-refractivity contribution is 0.628. The van der Waals surface area contributed by atoms with Gasteiger partial charge in [0.15, 0.2) is 5.82 Å². The average molecular weight is 274 g/mol. The van der Waals surface area contributed by atoms with Gasteiger partial charge in [0.25, 0.3) is 0 Å². The minimum atomic E-state index is -0.261. The van der Waals surface area contributed by atoms with E-state index in [1.165, 1.54) is 12.1 Å². The molecule has 0 aliphatic rings. The summed E-state index contributed by atoms with van der Waals surface area (Å²) in [6, 6.07) is 6.42. The number of anilines is 2. The maximum Gasteiger partial charge on any atom is 0.151 e. The van der Waals surface area contributed by atoms with Gasteiger partial charge >= 0.3 is 0 Å². The van der Waals surface area contributed by atoms with E-state index >= 15 is 0 Å². The zero-order valence-corrected chi connectivity index (χ0v) is 11.8. The quantitative estimate of drug-likeness (QED) is 0.822. The smallest absolute Gasteiger partial charge is 0.151 e. The highest BCUT2D eigenvalue weighted by Crippen LogP contribution is 2.21. The van der Waals surface area contributed by atoms with E-state index in [9.17, 15) is 4.39 Å². The molecule has 20 heavy (non-hydrogen) atoms. The van der Waals surface area contributed by atoms with Crippen molar-refractivity contribution >= 4 is 11.5 Å². The summed E-state index contributed by atoms with van der Waals surface area (Å²) >= 11 is 0. The van der Waals surface area contributed by atoms with Crippen LogP contribution in [0.5, 0.6) is 0 Å². The summed E-state index contributed by atoms with van der Waals surface area (Å²) in [7, 11) is 1.85. The van der Waals surface area contributed by atoms with Crippen molar-refractivity contribution in [2.45, 2.75) is 19.9 Å². The summed E-state index contributed by atoms with van der Waals surface area (Å²) in [4.78, 5) is 10.5. The Hall–Kier alpha value is -2.01. The molecule has 1 heterocycles. The first kappa shape index (κ1) is 14.4. The molecule has 0 spiro atoms. The monoisotopic (exact) mass is 274 g/mol. The van der Waals surface area contributed by atoms with Gasteiger partial charge in [0.2, 0.25) is 0 Å². The fourth-order valence-corrected chi connectivity index (χ4v) is 1.85. The minimum absolute atomic E-state index is 0.261. The molecule has 4 nitrogen and oxygen atoms in total. The first-order valence-electron chi connectivity index (χ1n) is 6.71. The highest BCUT2D eigenvalue weighted by molar-refractivity contribution is 5.58. The summed E-state index contributed by atoms with van der Waals surface area (Å²) in [5.41, 5.74) is 1.62. The van der Waals surface area contributed by atoms with E-state index in [2.05, 4.69) is 22.2 Å². The van der Waals surface area contributed by atoms with Crippen LogP contribution >= 0.6 is 0 Å². The van der Waals surface area contributed by atoms with Crippen molar-refractivity contribution in [1.29, 1.82) is 0 Å². The summed E-state index contributed by atoms with van der Waals surface area (Å²) < 4.78 is 13.3. The first-order chi connectivity index (χ1) is 9.70. The Kier molecular flexibility index (Phi) is 5.01. The Morgan fingerprint density at radius 1 is 1.30 bits per heavy atom. The van der Waals surface area contributed by atoms with E-state index < -0.39 is 0 Å². The number of hydrogen-bond donors (Lipinski definition) is 1. The van der Waals surface area contributed by atoms with Crippen LogP contribution in [0.25, 0.3) is 0 Å². The molecule has 0 aliphatic carbocycles. The summed E-state index contributed by atoms with van der Waals surface area (Å²) in [6.07, 6.45) is 4.50. The second-order valence-electron chi connectivity index (χ2n) is 4.58.